The SMILES string of the molecule is O=C(NCCCCCCNCl)C1(c2ccccc2)CCCC1. The van der Waals surface area contributed by atoms with E-state index in [1.54, 1.807) is 0 Å². The Morgan fingerprint density at radius 3 is 2.27 bits per heavy atom. The molecular formula is C18H27ClN2O. The van der Waals surface area contributed by atoms with Gasteiger partial charge in [-0.2, -0.15) is 0 Å². The summed E-state index contributed by atoms with van der Waals surface area (Å²) in [6, 6.07) is 10.3. The van der Waals surface area contributed by atoms with Crippen LogP contribution in [0.5, 0.6) is 0 Å². The first-order chi connectivity index (χ1) is 10.8. The Labute approximate surface area is 138 Å². The van der Waals surface area contributed by atoms with Gasteiger partial charge in [-0.15, -0.1) is 0 Å². The third-order valence-corrected chi connectivity index (χ3v) is 4.89. The molecule has 0 radical (unpaired) electrons. The molecule has 0 aromatic heterocycles. The lowest BCUT2D eigenvalue weighted by atomic mass is 9.78. The molecule has 0 heterocycles. The smallest absolute Gasteiger partial charge is 0.230 e. The van der Waals surface area contributed by atoms with E-state index in [4.69, 9.17) is 11.8 Å². The van der Waals surface area contributed by atoms with Crippen molar-refractivity contribution < 1.29 is 4.79 Å². The number of carbonyl (C=O) groups excluding carboxylic acids is 1. The highest BCUT2D eigenvalue weighted by atomic mass is 35.5. The molecule has 4 heteroatoms. The summed E-state index contributed by atoms with van der Waals surface area (Å²) in [6.45, 7) is 1.63. The normalized spacial score (nSPS) is 16.6. The Morgan fingerprint density at radius 2 is 1.64 bits per heavy atom. The van der Waals surface area contributed by atoms with Crippen LogP contribution in [0.4, 0.5) is 0 Å². The second-order valence-corrected chi connectivity index (χ2v) is 6.48. The molecule has 0 saturated heterocycles. The molecule has 0 atom stereocenters. The number of carbonyl (C=O) groups is 1. The highest BCUT2D eigenvalue weighted by Gasteiger charge is 2.42. The fourth-order valence-electron chi connectivity index (χ4n) is 3.42. The van der Waals surface area contributed by atoms with Crippen LogP contribution in [0.3, 0.4) is 0 Å². The van der Waals surface area contributed by atoms with Crippen molar-refractivity contribution in [3.63, 3.8) is 0 Å². The van der Waals surface area contributed by atoms with Gasteiger partial charge in [-0.1, -0.05) is 56.0 Å². The van der Waals surface area contributed by atoms with Gasteiger partial charge in [0.2, 0.25) is 5.91 Å². The molecule has 0 bridgehead atoms. The number of amides is 1. The van der Waals surface area contributed by atoms with Crippen LogP contribution in [-0.2, 0) is 10.2 Å². The molecule has 1 fully saturated rings. The van der Waals surface area contributed by atoms with Gasteiger partial charge < -0.3 is 5.32 Å². The lowest BCUT2D eigenvalue weighted by Gasteiger charge is -2.28. The minimum atomic E-state index is -0.288. The number of hydrogen-bond donors (Lipinski definition) is 2. The van der Waals surface area contributed by atoms with E-state index >= 15 is 0 Å². The van der Waals surface area contributed by atoms with Gasteiger partial charge in [-0.05, 0) is 43.0 Å². The van der Waals surface area contributed by atoms with Crippen molar-refractivity contribution in [2.75, 3.05) is 13.1 Å². The Hall–Kier alpha value is -1.06. The molecule has 2 rings (SSSR count). The standard InChI is InChI=1S/C18H27ClN2O/c19-21-15-9-2-1-8-14-20-17(22)18(12-6-7-13-18)16-10-4-3-5-11-16/h3-5,10-11,21H,1-2,6-9,12-15H2,(H,20,22). The summed E-state index contributed by atoms with van der Waals surface area (Å²) in [6.07, 6.45) is 8.66. The van der Waals surface area contributed by atoms with Gasteiger partial charge in [-0.3, -0.25) is 4.79 Å². The average molecular weight is 323 g/mol. The summed E-state index contributed by atoms with van der Waals surface area (Å²) >= 11 is 5.42. The first-order valence-corrected chi connectivity index (χ1v) is 8.85. The van der Waals surface area contributed by atoms with Crippen molar-refractivity contribution in [3.8, 4) is 0 Å². The van der Waals surface area contributed by atoms with Crippen LogP contribution in [0.1, 0.15) is 56.9 Å². The second-order valence-electron chi connectivity index (χ2n) is 6.21. The van der Waals surface area contributed by atoms with Crippen LogP contribution >= 0.6 is 11.8 Å². The zero-order valence-corrected chi connectivity index (χ0v) is 14.0. The molecule has 0 spiro atoms. The number of nitrogens with one attached hydrogen (secondary N) is 2. The molecule has 1 amide bonds. The topological polar surface area (TPSA) is 41.1 Å². The minimum absolute atomic E-state index is 0.221. The summed E-state index contributed by atoms with van der Waals surface area (Å²) in [5, 5.41) is 3.17. The van der Waals surface area contributed by atoms with Gasteiger partial charge in [0.1, 0.15) is 0 Å². The predicted molar refractivity (Wildman–Crippen MR) is 91.9 cm³/mol. The lowest BCUT2D eigenvalue weighted by molar-refractivity contribution is -0.126. The lowest BCUT2D eigenvalue weighted by Crippen LogP contribution is -2.42. The number of benzene rings is 1. The maximum atomic E-state index is 12.8. The number of hydrogen-bond acceptors (Lipinski definition) is 2. The largest absolute Gasteiger partial charge is 0.355 e. The molecule has 1 aliphatic rings. The van der Waals surface area contributed by atoms with E-state index in [1.165, 1.54) is 5.56 Å². The summed E-state index contributed by atoms with van der Waals surface area (Å²) in [5.41, 5.74) is 0.891. The average Bonchev–Trinajstić information content (AvgIpc) is 3.06. The third-order valence-electron chi connectivity index (χ3n) is 4.70. The fourth-order valence-corrected chi connectivity index (χ4v) is 3.56. The zero-order valence-electron chi connectivity index (χ0n) is 13.2. The second kappa shape index (κ2) is 9.16. The van der Waals surface area contributed by atoms with Gasteiger partial charge in [0.25, 0.3) is 0 Å². The predicted octanol–water partition coefficient (Wildman–Crippen LogP) is 3.92. The van der Waals surface area contributed by atoms with Crippen molar-refractivity contribution in [2.45, 2.75) is 56.8 Å². The first kappa shape index (κ1) is 17.3. The van der Waals surface area contributed by atoms with Gasteiger partial charge in [0, 0.05) is 13.1 Å². The highest BCUT2D eigenvalue weighted by Crippen LogP contribution is 2.41. The van der Waals surface area contributed by atoms with Gasteiger partial charge in [-0.25, -0.2) is 4.84 Å². The summed E-state index contributed by atoms with van der Waals surface area (Å²) in [7, 11) is 0. The van der Waals surface area contributed by atoms with E-state index < -0.39 is 0 Å². The molecule has 122 valence electrons. The Bertz CT molecular complexity index is 444. The number of halogens is 1. The molecule has 0 aliphatic heterocycles. The maximum absolute atomic E-state index is 12.8. The Balaban J connectivity index is 1.81. The summed E-state index contributed by atoms with van der Waals surface area (Å²) in [4.78, 5) is 15.4. The van der Waals surface area contributed by atoms with Gasteiger partial charge >= 0.3 is 0 Å². The van der Waals surface area contributed by atoms with Crippen molar-refractivity contribution in [3.05, 3.63) is 35.9 Å². The Kier molecular flexibility index (Phi) is 7.20. The molecule has 2 N–H and O–H groups in total. The molecule has 1 aromatic rings. The maximum Gasteiger partial charge on any atom is 0.230 e. The van der Waals surface area contributed by atoms with Crippen molar-refractivity contribution in [2.24, 2.45) is 0 Å². The molecular weight excluding hydrogens is 296 g/mol. The van der Waals surface area contributed by atoms with E-state index in [0.717, 1.165) is 64.5 Å². The molecule has 3 nitrogen and oxygen atoms in total. The van der Waals surface area contributed by atoms with Gasteiger partial charge in [0.05, 0.1) is 5.41 Å². The number of unbranched alkanes of at least 4 members (excludes halogenated alkanes) is 3. The van der Waals surface area contributed by atoms with E-state index in [2.05, 4.69) is 22.3 Å². The van der Waals surface area contributed by atoms with Crippen LogP contribution < -0.4 is 10.2 Å². The molecule has 0 unspecified atom stereocenters. The Morgan fingerprint density at radius 1 is 1.00 bits per heavy atom. The number of rotatable bonds is 9. The van der Waals surface area contributed by atoms with E-state index in [9.17, 15) is 4.79 Å². The highest BCUT2D eigenvalue weighted by molar-refractivity contribution is 6.13. The van der Waals surface area contributed by atoms with E-state index in [0.29, 0.717) is 0 Å². The van der Waals surface area contributed by atoms with Crippen molar-refractivity contribution >= 4 is 17.7 Å². The van der Waals surface area contributed by atoms with Crippen LogP contribution in [0.25, 0.3) is 0 Å². The molecule has 1 aromatic carbocycles. The van der Waals surface area contributed by atoms with Crippen LogP contribution in [0.2, 0.25) is 0 Å². The fraction of sp³-hybridized carbons (Fsp3) is 0.611. The third kappa shape index (κ3) is 4.47. The monoisotopic (exact) mass is 322 g/mol. The zero-order chi connectivity index (χ0) is 15.7. The summed E-state index contributed by atoms with van der Waals surface area (Å²) < 4.78 is 0. The first-order valence-electron chi connectivity index (χ1n) is 8.47. The van der Waals surface area contributed by atoms with Crippen molar-refractivity contribution in [1.82, 2.24) is 10.2 Å². The molecule has 1 aliphatic carbocycles. The van der Waals surface area contributed by atoms with E-state index in [1.807, 2.05) is 18.2 Å². The quantitative estimate of drug-likeness (QED) is 0.534. The van der Waals surface area contributed by atoms with Gasteiger partial charge in [0.15, 0.2) is 0 Å². The van der Waals surface area contributed by atoms with Crippen LogP contribution in [-0.4, -0.2) is 19.0 Å². The molecule has 1 saturated carbocycles. The van der Waals surface area contributed by atoms with Crippen LogP contribution in [0, 0.1) is 0 Å². The van der Waals surface area contributed by atoms with Crippen molar-refractivity contribution in [1.29, 1.82) is 0 Å². The summed E-state index contributed by atoms with van der Waals surface area (Å²) in [5.74, 6) is 0.221. The molecule has 22 heavy (non-hydrogen) atoms. The van der Waals surface area contributed by atoms with Crippen LogP contribution in [0.15, 0.2) is 30.3 Å². The minimum Gasteiger partial charge on any atom is -0.355 e. The van der Waals surface area contributed by atoms with E-state index in [-0.39, 0.29) is 11.3 Å².